The Labute approximate surface area is 193 Å². The van der Waals surface area contributed by atoms with Crippen LogP contribution in [-0.2, 0) is 29.7 Å². The van der Waals surface area contributed by atoms with Crippen molar-refractivity contribution in [3.8, 4) is 5.75 Å². The third-order valence-corrected chi connectivity index (χ3v) is 8.17. The van der Waals surface area contributed by atoms with Gasteiger partial charge in [-0.05, 0) is 54.8 Å². The summed E-state index contributed by atoms with van der Waals surface area (Å²) >= 11 is 0. The van der Waals surface area contributed by atoms with Crippen LogP contribution < -0.4 is 4.74 Å². The molecule has 178 valence electrons. The van der Waals surface area contributed by atoms with Crippen molar-refractivity contribution >= 4 is 16.0 Å². The van der Waals surface area contributed by atoms with Gasteiger partial charge in [-0.2, -0.15) is 4.31 Å². The van der Waals surface area contributed by atoms with Crippen LogP contribution in [0.2, 0.25) is 0 Å². The number of esters is 1. The van der Waals surface area contributed by atoms with Crippen molar-refractivity contribution < 1.29 is 31.8 Å². The number of carbonyl (C=O) groups excluding carboxylic acids is 1. The number of ether oxygens (including phenoxy) is 3. The van der Waals surface area contributed by atoms with Crippen molar-refractivity contribution in [1.29, 1.82) is 0 Å². The molecule has 0 radical (unpaired) electrons. The normalized spacial score (nSPS) is 18.7. The summed E-state index contributed by atoms with van der Waals surface area (Å²) in [5.41, 5.74) is 0.0489. The number of carbonyl (C=O) groups is 1. The molecule has 0 unspecified atom stereocenters. The maximum absolute atomic E-state index is 13.3. The smallest absolute Gasteiger partial charge is 0.316 e. The van der Waals surface area contributed by atoms with E-state index < -0.39 is 15.4 Å². The molecule has 9 heteroatoms. The number of rotatable bonds is 8. The van der Waals surface area contributed by atoms with Gasteiger partial charge in [-0.1, -0.05) is 25.0 Å². The summed E-state index contributed by atoms with van der Waals surface area (Å²) in [6.45, 7) is 1.66. The Balaban J connectivity index is 1.30. The van der Waals surface area contributed by atoms with E-state index in [-0.39, 0.29) is 29.9 Å². The number of nitrogens with zero attached hydrogens (tertiary/aromatic N) is 1. The second kappa shape index (κ2) is 10.2. The third kappa shape index (κ3) is 5.20. The topological polar surface area (TPSA) is 82.1 Å². The first kappa shape index (κ1) is 23.7. The molecule has 7 nitrogen and oxygen atoms in total. The van der Waals surface area contributed by atoms with E-state index in [1.54, 1.807) is 24.3 Å². The third-order valence-electron chi connectivity index (χ3n) is 6.26. The Morgan fingerprint density at radius 2 is 1.61 bits per heavy atom. The highest BCUT2D eigenvalue weighted by atomic mass is 32.2. The van der Waals surface area contributed by atoms with Gasteiger partial charge in [0.05, 0.1) is 23.5 Å². The van der Waals surface area contributed by atoms with Gasteiger partial charge in [-0.25, -0.2) is 12.8 Å². The van der Waals surface area contributed by atoms with Crippen LogP contribution in [0.15, 0.2) is 53.4 Å². The molecule has 0 bridgehead atoms. The largest absolute Gasteiger partial charge is 0.490 e. The Kier molecular flexibility index (Phi) is 7.31. The molecule has 0 aromatic heterocycles. The summed E-state index contributed by atoms with van der Waals surface area (Å²) in [4.78, 5) is 13.1. The van der Waals surface area contributed by atoms with Gasteiger partial charge in [0.1, 0.15) is 24.8 Å². The van der Waals surface area contributed by atoms with Gasteiger partial charge in [0.15, 0.2) is 0 Å². The van der Waals surface area contributed by atoms with Gasteiger partial charge < -0.3 is 14.2 Å². The average Bonchev–Trinajstić information content (AvgIpc) is 3.34. The van der Waals surface area contributed by atoms with E-state index in [9.17, 15) is 17.6 Å². The quantitative estimate of drug-likeness (QED) is 0.429. The zero-order valence-corrected chi connectivity index (χ0v) is 19.2. The number of morpholine rings is 1. The standard InChI is InChI=1S/C24H28FNO6S/c25-20-5-3-19(4-6-20)24(11-1-2-12-24)23(27)32-18-17-31-21-7-9-22(10-8-21)33(28,29)26-13-15-30-16-14-26/h3-10H,1-2,11-18H2. The van der Waals surface area contributed by atoms with E-state index in [1.165, 1.54) is 28.6 Å². The Bertz CT molecular complexity index is 1040. The van der Waals surface area contributed by atoms with E-state index in [0.717, 1.165) is 18.4 Å². The maximum atomic E-state index is 13.3. The SMILES string of the molecule is O=C(OCCOc1ccc(S(=O)(=O)N2CCOCC2)cc1)C1(c2ccc(F)cc2)CCCC1. The van der Waals surface area contributed by atoms with Crippen LogP contribution >= 0.6 is 0 Å². The molecule has 2 fully saturated rings. The molecule has 33 heavy (non-hydrogen) atoms. The van der Waals surface area contributed by atoms with Crippen molar-refractivity contribution in [3.63, 3.8) is 0 Å². The Hall–Kier alpha value is -2.49. The molecule has 4 rings (SSSR count). The molecule has 0 atom stereocenters. The van der Waals surface area contributed by atoms with E-state index >= 15 is 0 Å². The number of hydrogen-bond donors (Lipinski definition) is 0. The molecule has 0 amide bonds. The van der Waals surface area contributed by atoms with Crippen LogP contribution in [0, 0.1) is 5.82 Å². The highest BCUT2D eigenvalue weighted by Gasteiger charge is 2.44. The van der Waals surface area contributed by atoms with Crippen molar-refractivity contribution in [2.45, 2.75) is 36.0 Å². The average molecular weight is 478 g/mol. The molecule has 1 aliphatic carbocycles. The predicted molar refractivity (Wildman–Crippen MR) is 119 cm³/mol. The fourth-order valence-electron chi connectivity index (χ4n) is 4.43. The van der Waals surface area contributed by atoms with Crippen molar-refractivity contribution in [2.24, 2.45) is 0 Å². The summed E-state index contributed by atoms with van der Waals surface area (Å²) in [5, 5.41) is 0. The van der Waals surface area contributed by atoms with Crippen molar-refractivity contribution in [1.82, 2.24) is 4.31 Å². The number of hydrogen-bond acceptors (Lipinski definition) is 6. The van der Waals surface area contributed by atoms with Crippen LogP contribution in [0.25, 0.3) is 0 Å². The molecule has 1 heterocycles. The lowest BCUT2D eigenvalue weighted by Gasteiger charge is -2.27. The summed E-state index contributed by atoms with van der Waals surface area (Å²) in [7, 11) is -3.56. The molecule has 2 aromatic rings. The summed E-state index contributed by atoms with van der Waals surface area (Å²) < 4.78 is 56.4. The molecular formula is C24H28FNO6S. The van der Waals surface area contributed by atoms with Gasteiger partial charge in [-0.15, -0.1) is 0 Å². The minimum Gasteiger partial charge on any atom is -0.490 e. The van der Waals surface area contributed by atoms with E-state index in [4.69, 9.17) is 14.2 Å². The molecular weight excluding hydrogens is 449 g/mol. The first-order chi connectivity index (χ1) is 15.9. The van der Waals surface area contributed by atoms with Gasteiger partial charge in [0.25, 0.3) is 0 Å². The summed E-state index contributed by atoms with van der Waals surface area (Å²) in [6, 6.07) is 12.2. The minimum atomic E-state index is -3.56. The Morgan fingerprint density at radius 3 is 2.24 bits per heavy atom. The number of sulfonamides is 1. The predicted octanol–water partition coefficient (Wildman–Crippen LogP) is 3.28. The van der Waals surface area contributed by atoms with Crippen LogP contribution in [-0.4, -0.2) is 58.2 Å². The number of halogens is 1. The lowest BCUT2D eigenvalue weighted by atomic mass is 9.79. The van der Waals surface area contributed by atoms with Crippen molar-refractivity contribution in [3.05, 3.63) is 59.9 Å². The molecule has 2 aliphatic rings. The number of benzene rings is 2. The van der Waals surface area contributed by atoms with Gasteiger partial charge >= 0.3 is 5.97 Å². The monoisotopic (exact) mass is 477 g/mol. The van der Waals surface area contributed by atoms with Crippen LogP contribution in [0.1, 0.15) is 31.2 Å². The van der Waals surface area contributed by atoms with Crippen LogP contribution in [0.4, 0.5) is 4.39 Å². The minimum absolute atomic E-state index is 0.0651. The molecule has 1 saturated carbocycles. The first-order valence-electron chi connectivity index (χ1n) is 11.2. The summed E-state index contributed by atoms with van der Waals surface area (Å²) in [6.07, 6.45) is 3.19. The van der Waals surface area contributed by atoms with E-state index in [0.29, 0.717) is 44.9 Å². The lowest BCUT2D eigenvalue weighted by molar-refractivity contribution is -0.151. The lowest BCUT2D eigenvalue weighted by Crippen LogP contribution is -2.40. The van der Waals surface area contributed by atoms with Gasteiger partial charge in [-0.3, -0.25) is 4.79 Å². The fourth-order valence-corrected chi connectivity index (χ4v) is 5.84. The molecule has 1 saturated heterocycles. The second-order valence-electron chi connectivity index (χ2n) is 8.27. The Morgan fingerprint density at radius 1 is 0.970 bits per heavy atom. The van der Waals surface area contributed by atoms with E-state index in [1.807, 2.05) is 0 Å². The highest BCUT2D eigenvalue weighted by Crippen LogP contribution is 2.42. The van der Waals surface area contributed by atoms with Crippen LogP contribution in [0.3, 0.4) is 0 Å². The maximum Gasteiger partial charge on any atom is 0.316 e. The van der Waals surface area contributed by atoms with Gasteiger partial charge in [0, 0.05) is 13.1 Å². The summed E-state index contributed by atoms with van der Waals surface area (Å²) in [5.74, 6) is -0.166. The zero-order valence-electron chi connectivity index (χ0n) is 18.4. The molecule has 1 aliphatic heterocycles. The van der Waals surface area contributed by atoms with E-state index in [2.05, 4.69) is 0 Å². The van der Waals surface area contributed by atoms with Crippen LogP contribution in [0.5, 0.6) is 5.75 Å². The molecule has 0 spiro atoms. The zero-order chi connectivity index (χ0) is 23.3. The molecule has 0 N–H and O–H groups in total. The highest BCUT2D eigenvalue weighted by molar-refractivity contribution is 7.89. The second-order valence-corrected chi connectivity index (χ2v) is 10.2. The van der Waals surface area contributed by atoms with Gasteiger partial charge in [0.2, 0.25) is 10.0 Å². The molecule has 2 aromatic carbocycles. The fraction of sp³-hybridized carbons (Fsp3) is 0.458. The first-order valence-corrected chi connectivity index (χ1v) is 12.6. The van der Waals surface area contributed by atoms with Crippen molar-refractivity contribution in [2.75, 3.05) is 39.5 Å².